The third kappa shape index (κ3) is 10.2. The van der Waals surface area contributed by atoms with Gasteiger partial charge in [0.1, 0.15) is 23.1 Å². The number of primary amides is 1. The molecule has 2 aromatic carbocycles. The summed E-state index contributed by atoms with van der Waals surface area (Å²) in [6.07, 6.45) is 9.84. The van der Waals surface area contributed by atoms with Crippen LogP contribution in [0.1, 0.15) is 83.3 Å². The Hall–Kier alpha value is -3.14. The predicted octanol–water partition coefficient (Wildman–Crippen LogP) is 4.78. The molecule has 9 nitrogen and oxygen atoms in total. The van der Waals surface area contributed by atoms with E-state index in [0.29, 0.717) is 13.1 Å². The molecule has 9 heteroatoms. The van der Waals surface area contributed by atoms with Crippen LogP contribution >= 0.6 is 0 Å². The number of nitrogens with two attached hydrogens (primary N) is 1. The molecule has 0 radical (unpaired) electrons. The minimum Gasteiger partial charge on any atom is -0.490 e. The van der Waals surface area contributed by atoms with Crippen LogP contribution in [0.4, 0.5) is 0 Å². The lowest BCUT2D eigenvalue weighted by atomic mass is 9.99. The molecule has 4 N–H and O–H groups in total. The fourth-order valence-corrected chi connectivity index (χ4v) is 5.76. The maximum Gasteiger partial charge on any atom is 0.239 e. The highest BCUT2D eigenvalue weighted by Crippen LogP contribution is 2.24. The standard InChI is InChI=1S/C35H53N5O4/c1-26(2)33(41)40(38-24-28-13-17-30(18-14-28)43-29-9-7-5-6-8-10-29)25-35(3,34(36)42)37-23-27-11-15-31(16-12-27)44-32-19-21-39(4)22-20-32/h11-18,26,29,32,37-38H,5-10,19-25H2,1-4H3,(H2,36,42). The summed E-state index contributed by atoms with van der Waals surface area (Å²) in [4.78, 5) is 28.3. The Labute approximate surface area is 263 Å². The van der Waals surface area contributed by atoms with Crippen LogP contribution in [0.15, 0.2) is 48.5 Å². The maximum absolute atomic E-state index is 13.2. The van der Waals surface area contributed by atoms with Crippen LogP contribution in [-0.4, -0.2) is 66.2 Å². The van der Waals surface area contributed by atoms with E-state index in [4.69, 9.17) is 15.2 Å². The Morgan fingerprint density at radius 1 is 0.864 bits per heavy atom. The molecule has 1 atom stereocenters. The highest BCUT2D eigenvalue weighted by atomic mass is 16.5. The highest BCUT2D eigenvalue weighted by molar-refractivity contribution is 5.86. The highest BCUT2D eigenvalue weighted by Gasteiger charge is 2.35. The Morgan fingerprint density at radius 2 is 1.36 bits per heavy atom. The van der Waals surface area contributed by atoms with E-state index < -0.39 is 11.4 Å². The summed E-state index contributed by atoms with van der Waals surface area (Å²) in [5.41, 5.74) is 10.0. The third-order valence-electron chi connectivity index (χ3n) is 8.85. The van der Waals surface area contributed by atoms with Crippen molar-refractivity contribution in [3.05, 3.63) is 59.7 Å². The molecule has 0 spiro atoms. The number of hydrogen-bond acceptors (Lipinski definition) is 7. The molecular weight excluding hydrogens is 554 g/mol. The molecule has 1 saturated carbocycles. The molecule has 2 aliphatic rings. The predicted molar refractivity (Wildman–Crippen MR) is 174 cm³/mol. The second-order valence-electron chi connectivity index (χ2n) is 13.1. The summed E-state index contributed by atoms with van der Waals surface area (Å²) >= 11 is 0. The number of carbonyl (C=O) groups is 2. The molecule has 4 rings (SSSR count). The van der Waals surface area contributed by atoms with Crippen molar-refractivity contribution in [1.82, 2.24) is 20.7 Å². The summed E-state index contributed by atoms with van der Waals surface area (Å²) in [7, 11) is 2.14. The monoisotopic (exact) mass is 607 g/mol. The molecule has 2 fully saturated rings. The van der Waals surface area contributed by atoms with Crippen molar-refractivity contribution in [3.8, 4) is 11.5 Å². The zero-order valence-electron chi connectivity index (χ0n) is 27.1. The summed E-state index contributed by atoms with van der Waals surface area (Å²) in [5, 5.41) is 4.84. The van der Waals surface area contributed by atoms with Crippen molar-refractivity contribution in [3.63, 3.8) is 0 Å². The van der Waals surface area contributed by atoms with Gasteiger partial charge >= 0.3 is 0 Å². The van der Waals surface area contributed by atoms with Gasteiger partial charge in [0.15, 0.2) is 0 Å². The zero-order chi connectivity index (χ0) is 31.5. The number of benzene rings is 2. The number of nitrogens with zero attached hydrogens (tertiary/aromatic N) is 2. The van der Waals surface area contributed by atoms with Gasteiger partial charge in [0.05, 0.1) is 12.6 Å². The van der Waals surface area contributed by atoms with E-state index in [1.54, 1.807) is 6.92 Å². The van der Waals surface area contributed by atoms with Crippen LogP contribution < -0.4 is 25.9 Å². The van der Waals surface area contributed by atoms with Gasteiger partial charge in [-0.05, 0) is 87.9 Å². The first-order valence-corrected chi connectivity index (χ1v) is 16.4. The molecule has 1 aliphatic carbocycles. The zero-order valence-corrected chi connectivity index (χ0v) is 27.1. The molecule has 44 heavy (non-hydrogen) atoms. The van der Waals surface area contributed by atoms with Gasteiger partial charge in [-0.1, -0.05) is 51.0 Å². The van der Waals surface area contributed by atoms with Crippen LogP contribution in [0.3, 0.4) is 0 Å². The van der Waals surface area contributed by atoms with E-state index in [9.17, 15) is 9.59 Å². The summed E-state index contributed by atoms with van der Waals surface area (Å²) in [6.45, 7) is 8.46. The first-order chi connectivity index (χ1) is 21.1. The van der Waals surface area contributed by atoms with Gasteiger partial charge < -0.3 is 20.1 Å². The third-order valence-corrected chi connectivity index (χ3v) is 8.85. The van der Waals surface area contributed by atoms with Crippen LogP contribution in [0, 0.1) is 5.92 Å². The molecule has 1 heterocycles. The average molecular weight is 608 g/mol. The van der Waals surface area contributed by atoms with Crippen molar-refractivity contribution in [1.29, 1.82) is 0 Å². The van der Waals surface area contributed by atoms with Crippen LogP contribution in [0.2, 0.25) is 0 Å². The Balaban J connectivity index is 1.33. The number of amides is 2. The molecule has 2 amide bonds. The lowest BCUT2D eigenvalue weighted by Crippen LogP contribution is -2.62. The van der Waals surface area contributed by atoms with Gasteiger partial charge in [0.2, 0.25) is 11.8 Å². The number of hydrogen-bond donors (Lipinski definition) is 3. The van der Waals surface area contributed by atoms with Gasteiger partial charge in [0, 0.05) is 32.1 Å². The molecule has 0 bridgehead atoms. The van der Waals surface area contributed by atoms with Gasteiger partial charge in [-0.25, -0.2) is 5.43 Å². The Kier molecular flexibility index (Phi) is 12.5. The Bertz CT molecular complexity index is 1170. The molecule has 1 unspecified atom stereocenters. The van der Waals surface area contributed by atoms with Crippen molar-refractivity contribution in [2.75, 3.05) is 26.7 Å². The number of likely N-dealkylation sites (tertiary alicyclic amines) is 1. The van der Waals surface area contributed by atoms with Crippen LogP contribution in [0.25, 0.3) is 0 Å². The van der Waals surface area contributed by atoms with E-state index >= 15 is 0 Å². The SMILES string of the molecule is CC(C)C(=O)N(CC(C)(NCc1ccc(OC2CCN(C)CC2)cc1)C(N)=O)NCc1ccc(OC2CCCCCC2)cc1. The van der Waals surface area contributed by atoms with Crippen molar-refractivity contribution < 1.29 is 19.1 Å². The van der Waals surface area contributed by atoms with Crippen molar-refractivity contribution >= 4 is 11.8 Å². The minimum atomic E-state index is -1.16. The largest absolute Gasteiger partial charge is 0.490 e. The van der Waals surface area contributed by atoms with Crippen molar-refractivity contribution in [2.45, 2.75) is 103 Å². The van der Waals surface area contributed by atoms with Crippen molar-refractivity contribution in [2.24, 2.45) is 11.7 Å². The number of hydrazine groups is 1. The van der Waals surface area contributed by atoms with E-state index in [-0.39, 0.29) is 30.6 Å². The van der Waals surface area contributed by atoms with Gasteiger partial charge in [-0.15, -0.1) is 0 Å². The molecule has 1 saturated heterocycles. The van der Waals surface area contributed by atoms with Crippen LogP contribution in [0.5, 0.6) is 11.5 Å². The number of carbonyl (C=O) groups excluding carboxylic acids is 2. The first kappa shape index (κ1) is 33.7. The number of piperidine rings is 1. The first-order valence-electron chi connectivity index (χ1n) is 16.4. The van der Waals surface area contributed by atoms with E-state index in [0.717, 1.165) is 61.4 Å². The molecule has 1 aliphatic heterocycles. The normalized spacial score (nSPS) is 18.4. The summed E-state index contributed by atoms with van der Waals surface area (Å²) in [6, 6.07) is 16.0. The number of ether oxygens (including phenoxy) is 2. The lowest BCUT2D eigenvalue weighted by molar-refractivity contribution is -0.140. The fraction of sp³-hybridized carbons (Fsp3) is 0.600. The van der Waals surface area contributed by atoms with E-state index in [1.165, 1.54) is 30.7 Å². The molecule has 2 aromatic rings. The second-order valence-corrected chi connectivity index (χ2v) is 13.1. The van der Waals surface area contributed by atoms with E-state index in [1.807, 2.05) is 62.4 Å². The molecule has 242 valence electrons. The van der Waals surface area contributed by atoms with Gasteiger partial charge in [0.25, 0.3) is 0 Å². The Morgan fingerprint density at radius 3 is 1.86 bits per heavy atom. The van der Waals surface area contributed by atoms with Crippen LogP contribution in [-0.2, 0) is 22.7 Å². The fourth-order valence-electron chi connectivity index (χ4n) is 5.76. The van der Waals surface area contributed by atoms with Gasteiger partial charge in [-0.2, -0.15) is 0 Å². The molecular formula is C35H53N5O4. The summed E-state index contributed by atoms with van der Waals surface area (Å²) in [5.74, 6) is 0.837. The maximum atomic E-state index is 13.2. The topological polar surface area (TPSA) is 109 Å². The average Bonchev–Trinajstić information content (AvgIpc) is 3.29. The number of nitrogens with one attached hydrogen (secondary N) is 2. The second kappa shape index (κ2) is 16.3. The minimum absolute atomic E-state index is 0.0829. The van der Waals surface area contributed by atoms with E-state index in [2.05, 4.69) is 22.7 Å². The number of rotatable bonds is 14. The summed E-state index contributed by atoms with van der Waals surface area (Å²) < 4.78 is 12.4. The molecule has 0 aromatic heterocycles. The smallest absolute Gasteiger partial charge is 0.239 e. The lowest BCUT2D eigenvalue weighted by Gasteiger charge is -2.35. The van der Waals surface area contributed by atoms with Gasteiger partial charge in [-0.3, -0.25) is 19.9 Å². The quantitative estimate of drug-likeness (QED) is 0.209.